The molecule has 1 unspecified atom stereocenters. The van der Waals surface area contributed by atoms with Gasteiger partial charge in [0.15, 0.2) is 0 Å². The maximum absolute atomic E-state index is 12.2. The Morgan fingerprint density at radius 3 is 2.71 bits per heavy atom. The fourth-order valence-corrected chi connectivity index (χ4v) is 3.55. The standard InChI is InChI=1S/C11H13NO3S2/c1-7-6-16-5-4-12(7)10(13)8-2-3-9(17-8)11(14)15/h2-3,7H,4-6H2,1H3,(H,14,15). The van der Waals surface area contributed by atoms with Crippen LogP contribution in [0.5, 0.6) is 0 Å². The second-order valence-corrected chi connectivity index (χ2v) is 6.13. The van der Waals surface area contributed by atoms with Gasteiger partial charge >= 0.3 is 5.97 Å². The van der Waals surface area contributed by atoms with Crippen LogP contribution in [0.4, 0.5) is 0 Å². The quantitative estimate of drug-likeness (QED) is 0.894. The van der Waals surface area contributed by atoms with Crippen LogP contribution in [0.25, 0.3) is 0 Å². The van der Waals surface area contributed by atoms with Crippen molar-refractivity contribution in [3.63, 3.8) is 0 Å². The molecule has 1 saturated heterocycles. The van der Waals surface area contributed by atoms with Crippen LogP contribution in [-0.4, -0.2) is 46.0 Å². The van der Waals surface area contributed by atoms with Gasteiger partial charge in [-0.1, -0.05) is 0 Å². The predicted octanol–water partition coefficient (Wildman–Crippen LogP) is 2.02. The van der Waals surface area contributed by atoms with Crippen LogP contribution in [0.2, 0.25) is 0 Å². The summed E-state index contributed by atoms with van der Waals surface area (Å²) in [5.74, 6) is 0.877. The Morgan fingerprint density at radius 2 is 2.12 bits per heavy atom. The lowest BCUT2D eigenvalue weighted by Crippen LogP contribution is -2.44. The summed E-state index contributed by atoms with van der Waals surface area (Å²) in [5, 5.41) is 8.82. The van der Waals surface area contributed by atoms with Crippen LogP contribution in [0.15, 0.2) is 12.1 Å². The highest BCUT2D eigenvalue weighted by atomic mass is 32.2. The Bertz CT molecular complexity index is 444. The molecule has 2 heterocycles. The highest BCUT2D eigenvalue weighted by Crippen LogP contribution is 2.23. The van der Waals surface area contributed by atoms with Gasteiger partial charge in [-0.2, -0.15) is 11.8 Å². The van der Waals surface area contributed by atoms with Crippen molar-refractivity contribution in [2.45, 2.75) is 13.0 Å². The summed E-state index contributed by atoms with van der Waals surface area (Å²) in [4.78, 5) is 25.5. The van der Waals surface area contributed by atoms with E-state index in [1.54, 1.807) is 6.07 Å². The highest BCUT2D eigenvalue weighted by Gasteiger charge is 2.25. The average molecular weight is 271 g/mol. The summed E-state index contributed by atoms with van der Waals surface area (Å²) in [5.41, 5.74) is 0. The number of nitrogens with zero attached hydrogens (tertiary/aromatic N) is 1. The summed E-state index contributed by atoms with van der Waals surface area (Å²) in [6.45, 7) is 2.76. The van der Waals surface area contributed by atoms with E-state index in [1.165, 1.54) is 6.07 Å². The van der Waals surface area contributed by atoms with Gasteiger partial charge in [0.05, 0.1) is 4.88 Å². The van der Waals surface area contributed by atoms with Gasteiger partial charge in [-0.05, 0) is 19.1 Å². The van der Waals surface area contributed by atoms with Crippen LogP contribution in [0.3, 0.4) is 0 Å². The summed E-state index contributed by atoms with van der Waals surface area (Å²) in [7, 11) is 0. The molecule has 1 atom stereocenters. The summed E-state index contributed by atoms with van der Waals surface area (Å²) < 4.78 is 0. The Balaban J connectivity index is 2.15. The van der Waals surface area contributed by atoms with Crippen molar-refractivity contribution in [3.05, 3.63) is 21.9 Å². The van der Waals surface area contributed by atoms with E-state index < -0.39 is 5.97 Å². The van der Waals surface area contributed by atoms with Gasteiger partial charge in [-0.15, -0.1) is 11.3 Å². The zero-order valence-electron chi connectivity index (χ0n) is 9.38. The highest BCUT2D eigenvalue weighted by molar-refractivity contribution is 7.99. The molecule has 0 aliphatic carbocycles. The Kier molecular flexibility index (Phi) is 3.73. The van der Waals surface area contributed by atoms with Gasteiger partial charge in [0.2, 0.25) is 0 Å². The lowest BCUT2D eigenvalue weighted by atomic mass is 10.3. The third-order valence-corrected chi connectivity index (χ3v) is 4.91. The number of carbonyl (C=O) groups is 2. The van der Waals surface area contributed by atoms with E-state index in [4.69, 9.17) is 5.11 Å². The van der Waals surface area contributed by atoms with E-state index in [0.29, 0.717) is 4.88 Å². The SMILES string of the molecule is CC1CSCCN1C(=O)c1ccc(C(=O)O)s1. The largest absolute Gasteiger partial charge is 0.477 e. The molecule has 0 radical (unpaired) electrons. The van der Waals surface area contributed by atoms with Crippen LogP contribution in [-0.2, 0) is 0 Å². The molecule has 1 aromatic heterocycles. The topological polar surface area (TPSA) is 57.6 Å². The number of carbonyl (C=O) groups excluding carboxylic acids is 1. The van der Waals surface area contributed by atoms with Crippen molar-refractivity contribution in [3.8, 4) is 0 Å². The molecule has 0 saturated carbocycles. The minimum Gasteiger partial charge on any atom is -0.477 e. The van der Waals surface area contributed by atoms with Crippen molar-refractivity contribution in [2.24, 2.45) is 0 Å². The Labute approximate surface area is 108 Å². The summed E-state index contributed by atoms with van der Waals surface area (Å²) >= 11 is 2.89. The van der Waals surface area contributed by atoms with E-state index in [1.807, 2.05) is 23.6 Å². The number of aromatic carboxylic acids is 1. The molecule has 92 valence electrons. The first-order chi connectivity index (χ1) is 8.09. The number of rotatable bonds is 2. The third-order valence-electron chi connectivity index (χ3n) is 2.66. The second-order valence-electron chi connectivity index (χ2n) is 3.89. The monoisotopic (exact) mass is 271 g/mol. The lowest BCUT2D eigenvalue weighted by molar-refractivity contribution is 0.0699. The van der Waals surface area contributed by atoms with Gasteiger partial charge < -0.3 is 10.0 Å². The number of hydrogen-bond donors (Lipinski definition) is 1. The molecular formula is C11H13NO3S2. The molecule has 1 fully saturated rings. The van der Waals surface area contributed by atoms with Gasteiger partial charge in [0.1, 0.15) is 4.88 Å². The van der Waals surface area contributed by atoms with Crippen molar-refractivity contribution in [1.29, 1.82) is 0 Å². The molecule has 1 aliphatic heterocycles. The summed E-state index contributed by atoms with van der Waals surface area (Å²) in [6.07, 6.45) is 0. The smallest absolute Gasteiger partial charge is 0.345 e. The van der Waals surface area contributed by atoms with Crippen LogP contribution in [0, 0.1) is 0 Å². The van der Waals surface area contributed by atoms with Crippen LogP contribution in [0.1, 0.15) is 26.3 Å². The minimum atomic E-state index is -0.976. The molecule has 0 bridgehead atoms. The number of carboxylic acid groups (broad SMARTS) is 1. The Morgan fingerprint density at radius 1 is 1.41 bits per heavy atom. The third kappa shape index (κ3) is 2.63. The maximum atomic E-state index is 12.2. The fraction of sp³-hybridized carbons (Fsp3) is 0.455. The molecule has 1 aromatic rings. The zero-order chi connectivity index (χ0) is 12.4. The molecule has 0 spiro atoms. The first-order valence-corrected chi connectivity index (χ1v) is 7.28. The lowest BCUT2D eigenvalue weighted by Gasteiger charge is -2.32. The van der Waals surface area contributed by atoms with Crippen molar-refractivity contribution >= 4 is 35.0 Å². The minimum absolute atomic E-state index is 0.0460. The molecule has 17 heavy (non-hydrogen) atoms. The maximum Gasteiger partial charge on any atom is 0.345 e. The first kappa shape index (κ1) is 12.4. The van der Waals surface area contributed by atoms with Gasteiger partial charge in [0, 0.05) is 24.1 Å². The van der Waals surface area contributed by atoms with Crippen molar-refractivity contribution < 1.29 is 14.7 Å². The van der Waals surface area contributed by atoms with Crippen LogP contribution < -0.4 is 0 Å². The number of carboxylic acids is 1. The van der Waals surface area contributed by atoms with Crippen LogP contribution >= 0.6 is 23.1 Å². The number of amides is 1. The molecule has 4 nitrogen and oxygen atoms in total. The second kappa shape index (κ2) is 5.10. The van der Waals surface area contributed by atoms with E-state index in [-0.39, 0.29) is 16.8 Å². The Hall–Kier alpha value is -1.01. The van der Waals surface area contributed by atoms with Crippen molar-refractivity contribution in [2.75, 3.05) is 18.1 Å². The van der Waals surface area contributed by atoms with Gasteiger partial charge in [-0.25, -0.2) is 4.79 Å². The van der Waals surface area contributed by atoms with Crippen molar-refractivity contribution in [1.82, 2.24) is 4.90 Å². The van der Waals surface area contributed by atoms with E-state index >= 15 is 0 Å². The van der Waals surface area contributed by atoms with Gasteiger partial charge in [-0.3, -0.25) is 4.79 Å². The molecular weight excluding hydrogens is 258 g/mol. The zero-order valence-corrected chi connectivity index (χ0v) is 11.0. The van der Waals surface area contributed by atoms with Gasteiger partial charge in [0.25, 0.3) is 5.91 Å². The predicted molar refractivity (Wildman–Crippen MR) is 69.1 cm³/mol. The molecule has 6 heteroatoms. The van der Waals surface area contributed by atoms with E-state index in [9.17, 15) is 9.59 Å². The normalized spacial score (nSPS) is 20.3. The van der Waals surface area contributed by atoms with E-state index in [0.717, 1.165) is 29.4 Å². The first-order valence-electron chi connectivity index (χ1n) is 5.31. The molecule has 2 rings (SSSR count). The number of thiophene rings is 1. The van der Waals surface area contributed by atoms with E-state index in [2.05, 4.69) is 0 Å². The fourth-order valence-electron chi connectivity index (χ4n) is 1.74. The molecule has 1 aliphatic rings. The molecule has 1 N–H and O–H groups in total. The number of thioether (sulfide) groups is 1. The molecule has 1 amide bonds. The summed E-state index contributed by atoms with van der Waals surface area (Å²) in [6, 6.07) is 3.31. The molecule has 0 aromatic carbocycles. The number of hydrogen-bond acceptors (Lipinski definition) is 4. The average Bonchev–Trinajstić information content (AvgIpc) is 2.78.